The van der Waals surface area contributed by atoms with E-state index in [0.717, 1.165) is 45.7 Å². The third-order valence-corrected chi connectivity index (χ3v) is 7.12. The summed E-state index contributed by atoms with van der Waals surface area (Å²) in [6.07, 6.45) is 2.97. The van der Waals surface area contributed by atoms with E-state index in [-0.39, 0.29) is 18.2 Å². The van der Waals surface area contributed by atoms with Gasteiger partial charge in [-0.2, -0.15) is 4.98 Å². The molecule has 36 heavy (non-hydrogen) atoms. The molecular formula is C26H24FIN4O4. The fourth-order valence-corrected chi connectivity index (χ4v) is 4.84. The number of aromatic nitrogens is 3. The van der Waals surface area contributed by atoms with E-state index in [2.05, 4.69) is 38.6 Å². The fourth-order valence-electron chi connectivity index (χ4n) is 4.19. The minimum atomic E-state index is -1.11. The number of pyridine rings is 1. The van der Waals surface area contributed by atoms with Crippen LogP contribution in [-0.2, 0) is 20.2 Å². The number of carboxylic acid groups (broad SMARTS) is 1. The third-order valence-electron chi connectivity index (χ3n) is 6.25. The Kier molecular flexibility index (Phi) is 6.80. The van der Waals surface area contributed by atoms with E-state index in [0.29, 0.717) is 29.2 Å². The summed E-state index contributed by atoms with van der Waals surface area (Å²) in [6.45, 7) is 4.12. The Morgan fingerprint density at radius 3 is 2.78 bits per heavy atom. The van der Waals surface area contributed by atoms with Gasteiger partial charge >= 0.3 is 5.97 Å². The van der Waals surface area contributed by atoms with Crippen molar-refractivity contribution in [3.63, 3.8) is 0 Å². The molecule has 0 atom stereocenters. The van der Waals surface area contributed by atoms with Crippen molar-refractivity contribution in [3.8, 4) is 5.88 Å². The molecule has 3 aromatic heterocycles. The zero-order valence-corrected chi connectivity index (χ0v) is 22.0. The smallest absolute Gasteiger partial charge is 0.371 e. The van der Waals surface area contributed by atoms with Crippen LogP contribution in [0.3, 0.4) is 0 Å². The topological polar surface area (TPSA) is 93.6 Å². The molecular weight excluding hydrogens is 578 g/mol. The highest BCUT2D eigenvalue weighted by Crippen LogP contribution is 2.28. The van der Waals surface area contributed by atoms with Crippen LogP contribution >= 0.6 is 22.6 Å². The molecule has 10 heteroatoms. The normalized spacial score (nSPS) is 14.3. The quantitative estimate of drug-likeness (QED) is 0.292. The maximum absolute atomic E-state index is 14.1. The van der Waals surface area contributed by atoms with Crippen LogP contribution in [0.15, 0.2) is 46.9 Å². The molecule has 0 saturated heterocycles. The summed E-state index contributed by atoms with van der Waals surface area (Å²) < 4.78 is 28.2. The zero-order chi connectivity index (χ0) is 25.4. The van der Waals surface area contributed by atoms with E-state index in [1.165, 1.54) is 12.1 Å². The maximum Gasteiger partial charge on any atom is 0.371 e. The third kappa shape index (κ3) is 5.00. The second-order valence-electron chi connectivity index (χ2n) is 8.77. The standard InChI is InChI=1S/C26H24FIN4O4/c1-15-3-4-17(18(27)11-15)14-35-23-6-5-19(28)24(30-23)16-7-9-32(10-8-16)13-22-29-25-20(31(22)2)12-21(36-25)26(33)34/h3-7,11-12H,8-10,13-14H2,1-2H3,(H,33,34). The van der Waals surface area contributed by atoms with Crippen LogP contribution < -0.4 is 4.74 Å². The Labute approximate surface area is 220 Å². The van der Waals surface area contributed by atoms with E-state index in [9.17, 15) is 9.18 Å². The number of carbonyl (C=O) groups is 1. The van der Waals surface area contributed by atoms with Gasteiger partial charge in [-0.25, -0.2) is 14.2 Å². The Hall–Kier alpha value is -3.25. The van der Waals surface area contributed by atoms with Gasteiger partial charge < -0.3 is 18.8 Å². The summed E-state index contributed by atoms with van der Waals surface area (Å²) in [5, 5.41) is 9.11. The van der Waals surface area contributed by atoms with Crippen molar-refractivity contribution in [1.29, 1.82) is 0 Å². The number of hydrogen-bond donors (Lipinski definition) is 1. The van der Waals surface area contributed by atoms with E-state index in [1.54, 1.807) is 12.1 Å². The first kappa shape index (κ1) is 24.4. The first-order valence-corrected chi connectivity index (χ1v) is 12.5. The molecule has 0 saturated carbocycles. The van der Waals surface area contributed by atoms with Gasteiger partial charge in [-0.15, -0.1) is 0 Å². The number of benzene rings is 1. The van der Waals surface area contributed by atoms with Crippen LogP contribution in [-0.4, -0.2) is 43.6 Å². The van der Waals surface area contributed by atoms with Gasteiger partial charge in [0, 0.05) is 41.4 Å². The number of rotatable bonds is 7. The van der Waals surface area contributed by atoms with Crippen LogP contribution in [0.5, 0.6) is 5.88 Å². The average molecular weight is 602 g/mol. The molecule has 8 nitrogen and oxygen atoms in total. The Balaban J connectivity index is 1.26. The second kappa shape index (κ2) is 10.0. The summed E-state index contributed by atoms with van der Waals surface area (Å²) in [7, 11) is 1.86. The van der Waals surface area contributed by atoms with E-state index < -0.39 is 5.97 Å². The number of nitrogens with zero attached hydrogens (tertiary/aromatic N) is 4. The van der Waals surface area contributed by atoms with Crippen molar-refractivity contribution in [3.05, 3.63) is 80.3 Å². The minimum Gasteiger partial charge on any atom is -0.475 e. The van der Waals surface area contributed by atoms with Gasteiger partial charge in [-0.3, -0.25) is 4.90 Å². The molecule has 186 valence electrons. The van der Waals surface area contributed by atoms with E-state index in [1.807, 2.05) is 30.7 Å². The van der Waals surface area contributed by atoms with E-state index >= 15 is 0 Å². The van der Waals surface area contributed by atoms with Crippen LogP contribution in [0.4, 0.5) is 4.39 Å². The Bertz CT molecular complexity index is 1490. The first-order valence-electron chi connectivity index (χ1n) is 11.4. The molecule has 1 N–H and O–H groups in total. The van der Waals surface area contributed by atoms with Gasteiger partial charge in [0.25, 0.3) is 0 Å². The molecule has 0 fully saturated rings. The molecule has 0 amide bonds. The molecule has 0 radical (unpaired) electrons. The largest absolute Gasteiger partial charge is 0.475 e. The summed E-state index contributed by atoms with van der Waals surface area (Å²) in [5.74, 6) is -0.228. The molecule has 0 spiro atoms. The lowest BCUT2D eigenvalue weighted by Gasteiger charge is -2.26. The van der Waals surface area contributed by atoms with Crippen LogP contribution in [0, 0.1) is 16.3 Å². The van der Waals surface area contributed by atoms with Crippen LogP contribution in [0.25, 0.3) is 16.8 Å². The lowest BCUT2D eigenvalue weighted by molar-refractivity contribution is 0.0664. The number of aromatic carboxylic acids is 1. The number of furan rings is 1. The van der Waals surface area contributed by atoms with Crippen molar-refractivity contribution >= 4 is 45.4 Å². The van der Waals surface area contributed by atoms with Crippen molar-refractivity contribution in [2.45, 2.75) is 26.5 Å². The SMILES string of the molecule is Cc1ccc(COc2ccc(I)c(C3=CCN(Cc4nc5oc(C(=O)O)cc5n4C)CC3)n2)c(F)c1. The first-order chi connectivity index (χ1) is 17.3. The summed E-state index contributed by atoms with van der Waals surface area (Å²) in [5.41, 5.74) is 4.38. The highest BCUT2D eigenvalue weighted by Gasteiger charge is 2.21. The second-order valence-corrected chi connectivity index (χ2v) is 9.93. The minimum absolute atomic E-state index is 0.113. The summed E-state index contributed by atoms with van der Waals surface area (Å²) in [6, 6.07) is 10.4. The van der Waals surface area contributed by atoms with Gasteiger partial charge in [0.15, 0.2) is 0 Å². The highest BCUT2D eigenvalue weighted by atomic mass is 127. The molecule has 1 aliphatic heterocycles. The monoisotopic (exact) mass is 602 g/mol. The molecule has 0 bridgehead atoms. The average Bonchev–Trinajstić information content (AvgIpc) is 3.39. The molecule has 0 aliphatic carbocycles. The predicted octanol–water partition coefficient (Wildman–Crippen LogP) is 5.18. The Morgan fingerprint density at radius 2 is 2.08 bits per heavy atom. The number of halogens is 2. The van der Waals surface area contributed by atoms with Gasteiger partial charge in [0.2, 0.25) is 17.4 Å². The molecule has 1 aliphatic rings. The molecule has 4 aromatic rings. The number of hydrogen-bond acceptors (Lipinski definition) is 6. The van der Waals surface area contributed by atoms with Crippen LogP contribution in [0.1, 0.15) is 39.6 Å². The number of imidazole rings is 1. The van der Waals surface area contributed by atoms with Crippen molar-refractivity contribution in [2.75, 3.05) is 13.1 Å². The van der Waals surface area contributed by atoms with Crippen molar-refractivity contribution in [1.82, 2.24) is 19.4 Å². The molecule has 0 unspecified atom stereocenters. The van der Waals surface area contributed by atoms with Crippen molar-refractivity contribution in [2.24, 2.45) is 7.05 Å². The fraction of sp³-hybridized carbons (Fsp3) is 0.269. The molecule has 1 aromatic carbocycles. The zero-order valence-electron chi connectivity index (χ0n) is 19.8. The van der Waals surface area contributed by atoms with Gasteiger partial charge in [0.1, 0.15) is 23.8 Å². The van der Waals surface area contributed by atoms with Gasteiger partial charge in [-0.1, -0.05) is 18.2 Å². The van der Waals surface area contributed by atoms with Gasteiger partial charge in [0.05, 0.1) is 12.2 Å². The Morgan fingerprint density at radius 1 is 1.25 bits per heavy atom. The van der Waals surface area contributed by atoms with Crippen molar-refractivity contribution < 1.29 is 23.4 Å². The summed E-state index contributed by atoms with van der Waals surface area (Å²) >= 11 is 2.27. The van der Waals surface area contributed by atoms with Gasteiger partial charge in [-0.05, 0) is 59.2 Å². The number of carboxylic acids is 1. The number of aryl methyl sites for hydroxylation is 2. The molecule has 5 rings (SSSR count). The molecule has 4 heterocycles. The lowest BCUT2D eigenvalue weighted by Crippen LogP contribution is -2.29. The number of fused-ring (bicyclic) bond motifs is 1. The van der Waals surface area contributed by atoms with Crippen LogP contribution in [0.2, 0.25) is 0 Å². The number of ether oxygens (including phenoxy) is 1. The highest BCUT2D eigenvalue weighted by molar-refractivity contribution is 14.1. The predicted molar refractivity (Wildman–Crippen MR) is 140 cm³/mol. The maximum atomic E-state index is 14.1. The summed E-state index contributed by atoms with van der Waals surface area (Å²) in [4.78, 5) is 22.6. The lowest BCUT2D eigenvalue weighted by atomic mass is 10.0. The van der Waals surface area contributed by atoms with E-state index in [4.69, 9.17) is 19.2 Å².